The van der Waals surface area contributed by atoms with Gasteiger partial charge < -0.3 is 5.32 Å². The maximum Gasteiger partial charge on any atom is 0.329 e. The van der Waals surface area contributed by atoms with Gasteiger partial charge in [0.05, 0.1) is 11.6 Å². The molecule has 1 atom stereocenters. The van der Waals surface area contributed by atoms with Crippen LogP contribution in [0.25, 0.3) is 0 Å². The molecular weight excluding hydrogens is 254 g/mol. The van der Waals surface area contributed by atoms with Gasteiger partial charge in [-0.15, -0.1) is 0 Å². The van der Waals surface area contributed by atoms with E-state index in [2.05, 4.69) is 10.3 Å². The number of aromatic nitrogens is 2. The van der Waals surface area contributed by atoms with Crippen LogP contribution in [0.1, 0.15) is 30.5 Å². The molecule has 0 fully saturated rings. The van der Waals surface area contributed by atoms with Crippen molar-refractivity contribution in [2.24, 2.45) is 0 Å². The second-order valence-corrected chi connectivity index (χ2v) is 4.98. The summed E-state index contributed by atoms with van der Waals surface area (Å²) in [5.41, 5.74) is 1.32. The Labute approximate surface area is 116 Å². The minimum atomic E-state index is -0.350. The number of H-pyrrole nitrogens is 1. The number of rotatable bonds is 2. The van der Waals surface area contributed by atoms with Crippen molar-refractivity contribution in [3.05, 3.63) is 62.3 Å². The van der Waals surface area contributed by atoms with E-state index >= 15 is 0 Å². The van der Waals surface area contributed by atoms with Gasteiger partial charge in [-0.3, -0.25) is 14.3 Å². The summed E-state index contributed by atoms with van der Waals surface area (Å²) in [6.07, 6.45) is 1.53. The Hall–Kier alpha value is -2.30. The highest BCUT2D eigenvalue weighted by Gasteiger charge is 2.23. The fraction of sp³-hybridized carbons (Fsp3) is 0.333. The first kappa shape index (κ1) is 12.7. The topological polar surface area (TPSA) is 66.9 Å². The third kappa shape index (κ3) is 2.05. The van der Waals surface area contributed by atoms with E-state index in [1.807, 2.05) is 30.3 Å². The number of nitrogens with zero attached hydrogens (tertiary/aromatic N) is 1. The van der Waals surface area contributed by atoms with Crippen molar-refractivity contribution in [1.29, 1.82) is 0 Å². The van der Waals surface area contributed by atoms with Gasteiger partial charge in [-0.25, -0.2) is 4.79 Å². The third-order valence-electron chi connectivity index (χ3n) is 3.80. The van der Waals surface area contributed by atoms with Crippen LogP contribution in [0.4, 0.5) is 5.82 Å². The molecule has 1 aromatic carbocycles. The van der Waals surface area contributed by atoms with Crippen LogP contribution in [-0.4, -0.2) is 9.55 Å². The average molecular weight is 271 g/mol. The van der Waals surface area contributed by atoms with E-state index in [1.165, 1.54) is 10.1 Å². The summed E-state index contributed by atoms with van der Waals surface area (Å²) in [7, 11) is 0. The van der Waals surface area contributed by atoms with Crippen molar-refractivity contribution in [3.8, 4) is 0 Å². The van der Waals surface area contributed by atoms with Gasteiger partial charge in [0.25, 0.3) is 5.56 Å². The molecule has 20 heavy (non-hydrogen) atoms. The van der Waals surface area contributed by atoms with Crippen LogP contribution in [0.5, 0.6) is 0 Å². The van der Waals surface area contributed by atoms with Gasteiger partial charge in [0.15, 0.2) is 0 Å². The minimum absolute atomic E-state index is 0.135. The Bertz CT molecular complexity index is 731. The van der Waals surface area contributed by atoms with Gasteiger partial charge >= 0.3 is 5.69 Å². The molecule has 0 bridgehead atoms. The molecule has 5 nitrogen and oxygen atoms in total. The standard InChI is InChI=1S/C15H17N3O2/c1-2-18-14(19)11-8-9-12(10-6-4-3-5-7-10)16-13(11)17-15(18)20/h3-7,12,16H,2,8-9H2,1H3,(H,17,20)/t12-/m1/s1. The van der Waals surface area contributed by atoms with Crippen molar-refractivity contribution in [3.63, 3.8) is 0 Å². The van der Waals surface area contributed by atoms with Crippen molar-refractivity contribution >= 4 is 5.82 Å². The van der Waals surface area contributed by atoms with Crippen molar-refractivity contribution in [2.75, 3.05) is 5.32 Å². The summed E-state index contributed by atoms with van der Waals surface area (Å²) < 4.78 is 1.24. The van der Waals surface area contributed by atoms with Gasteiger partial charge in [-0.05, 0) is 25.3 Å². The molecular formula is C15H17N3O2. The van der Waals surface area contributed by atoms with Gasteiger partial charge in [0.1, 0.15) is 5.82 Å². The summed E-state index contributed by atoms with van der Waals surface area (Å²) in [6.45, 7) is 2.19. The van der Waals surface area contributed by atoms with Gasteiger partial charge in [-0.1, -0.05) is 30.3 Å². The van der Waals surface area contributed by atoms with Gasteiger partial charge in [-0.2, -0.15) is 0 Å². The highest BCUT2D eigenvalue weighted by Crippen LogP contribution is 2.28. The highest BCUT2D eigenvalue weighted by molar-refractivity contribution is 5.47. The summed E-state index contributed by atoms with van der Waals surface area (Å²) in [6, 6.07) is 10.2. The van der Waals surface area contributed by atoms with Crippen LogP contribution in [0.2, 0.25) is 0 Å². The maximum absolute atomic E-state index is 12.2. The van der Waals surface area contributed by atoms with Crippen LogP contribution >= 0.6 is 0 Å². The molecule has 2 heterocycles. The van der Waals surface area contributed by atoms with Crippen LogP contribution < -0.4 is 16.6 Å². The molecule has 2 N–H and O–H groups in total. The maximum atomic E-state index is 12.2. The summed E-state index contributed by atoms with van der Waals surface area (Å²) in [5, 5.41) is 3.28. The summed E-state index contributed by atoms with van der Waals surface area (Å²) in [4.78, 5) is 26.8. The zero-order valence-electron chi connectivity index (χ0n) is 11.3. The number of nitrogens with one attached hydrogen (secondary N) is 2. The average Bonchev–Trinajstić information content (AvgIpc) is 2.48. The molecule has 1 aliphatic heterocycles. The van der Waals surface area contributed by atoms with Gasteiger partial charge in [0, 0.05) is 6.54 Å². The second-order valence-electron chi connectivity index (χ2n) is 4.98. The number of fused-ring (bicyclic) bond motifs is 1. The molecule has 0 amide bonds. The Morgan fingerprint density at radius 2 is 2.00 bits per heavy atom. The van der Waals surface area contributed by atoms with E-state index in [-0.39, 0.29) is 17.3 Å². The highest BCUT2D eigenvalue weighted by atomic mass is 16.2. The zero-order valence-corrected chi connectivity index (χ0v) is 11.3. The molecule has 104 valence electrons. The van der Waals surface area contributed by atoms with Crippen LogP contribution in [0.15, 0.2) is 39.9 Å². The van der Waals surface area contributed by atoms with E-state index in [4.69, 9.17) is 0 Å². The van der Waals surface area contributed by atoms with Crippen molar-refractivity contribution in [2.45, 2.75) is 32.4 Å². The second kappa shape index (κ2) is 5.00. The lowest BCUT2D eigenvalue weighted by molar-refractivity contribution is 0.610. The first-order valence-corrected chi connectivity index (χ1v) is 6.88. The van der Waals surface area contributed by atoms with Crippen LogP contribution in [0.3, 0.4) is 0 Å². The number of hydrogen-bond acceptors (Lipinski definition) is 3. The molecule has 0 unspecified atom stereocenters. The number of aromatic amines is 1. The molecule has 1 aliphatic rings. The molecule has 0 radical (unpaired) electrons. The smallest absolute Gasteiger partial charge is 0.329 e. The largest absolute Gasteiger partial charge is 0.364 e. The monoisotopic (exact) mass is 271 g/mol. The Balaban J connectivity index is 2.01. The van der Waals surface area contributed by atoms with Crippen molar-refractivity contribution in [1.82, 2.24) is 9.55 Å². The Kier molecular flexibility index (Phi) is 3.18. The van der Waals surface area contributed by atoms with Crippen molar-refractivity contribution < 1.29 is 0 Å². The predicted octanol–water partition coefficient (Wildman–Crippen LogP) is 1.66. The molecule has 5 heteroatoms. The first-order chi connectivity index (χ1) is 9.70. The Morgan fingerprint density at radius 3 is 2.70 bits per heavy atom. The van der Waals surface area contributed by atoms with Gasteiger partial charge in [0.2, 0.25) is 0 Å². The number of anilines is 1. The molecule has 1 aromatic heterocycles. The van der Waals surface area contributed by atoms with E-state index in [0.29, 0.717) is 24.3 Å². The third-order valence-corrected chi connectivity index (χ3v) is 3.80. The molecule has 3 rings (SSSR count). The zero-order chi connectivity index (χ0) is 14.1. The van der Waals surface area contributed by atoms with E-state index in [9.17, 15) is 9.59 Å². The van der Waals surface area contributed by atoms with Crippen LogP contribution in [0, 0.1) is 0 Å². The predicted molar refractivity (Wildman–Crippen MR) is 78.1 cm³/mol. The fourth-order valence-electron chi connectivity index (χ4n) is 2.72. The lowest BCUT2D eigenvalue weighted by Crippen LogP contribution is -2.39. The molecule has 2 aromatic rings. The Morgan fingerprint density at radius 1 is 1.25 bits per heavy atom. The molecule has 0 spiro atoms. The quantitative estimate of drug-likeness (QED) is 0.873. The minimum Gasteiger partial charge on any atom is -0.364 e. The van der Waals surface area contributed by atoms with E-state index in [1.54, 1.807) is 6.92 Å². The number of hydrogen-bond donors (Lipinski definition) is 2. The lowest BCUT2D eigenvalue weighted by Gasteiger charge is -2.26. The fourth-order valence-corrected chi connectivity index (χ4v) is 2.72. The summed E-state index contributed by atoms with van der Waals surface area (Å²) >= 11 is 0. The molecule has 0 aliphatic carbocycles. The van der Waals surface area contributed by atoms with E-state index in [0.717, 1.165) is 6.42 Å². The number of benzene rings is 1. The molecule has 0 saturated heterocycles. The molecule has 0 saturated carbocycles. The summed E-state index contributed by atoms with van der Waals surface area (Å²) in [5.74, 6) is 0.574. The normalized spacial score (nSPS) is 17.4. The lowest BCUT2D eigenvalue weighted by atomic mass is 9.96. The SMILES string of the molecule is CCn1c(=O)[nH]c2c(c1=O)CC[C@H](c1ccccc1)N2. The first-order valence-electron chi connectivity index (χ1n) is 6.88. The van der Waals surface area contributed by atoms with Crippen LogP contribution in [-0.2, 0) is 13.0 Å². The van der Waals surface area contributed by atoms with E-state index < -0.39 is 0 Å².